The molecule has 3 heteroatoms. The molecule has 0 saturated carbocycles. The number of ether oxygens (including phenoxy) is 2. The zero-order valence-corrected chi connectivity index (χ0v) is 18.8. The second-order valence-corrected chi connectivity index (χ2v) is 7.85. The second kappa shape index (κ2) is 11.4. The third-order valence-corrected chi connectivity index (χ3v) is 5.39. The van der Waals surface area contributed by atoms with Gasteiger partial charge in [0.2, 0.25) is 0 Å². The minimum Gasteiger partial charge on any atom is -0.494 e. The molecule has 3 rings (SSSR count). The minimum atomic E-state index is -0.268. The molecule has 1 atom stereocenters. The normalized spacial score (nSPS) is 11.7. The molecule has 3 nitrogen and oxygen atoms in total. The van der Waals surface area contributed by atoms with Gasteiger partial charge in [-0.25, -0.2) is 0 Å². The van der Waals surface area contributed by atoms with Gasteiger partial charge >= 0.3 is 5.97 Å². The van der Waals surface area contributed by atoms with Crippen molar-refractivity contribution in [3.8, 4) is 28.0 Å². The molecule has 0 heterocycles. The van der Waals surface area contributed by atoms with Crippen molar-refractivity contribution in [2.75, 3.05) is 6.61 Å². The fourth-order valence-corrected chi connectivity index (χ4v) is 3.69. The van der Waals surface area contributed by atoms with Crippen LogP contribution in [0.25, 0.3) is 22.3 Å². The van der Waals surface area contributed by atoms with Crippen molar-refractivity contribution in [2.45, 2.75) is 52.6 Å². The Morgan fingerprint density at radius 3 is 1.94 bits per heavy atom. The molecular formula is C28H32O3. The molecule has 0 fully saturated rings. The summed E-state index contributed by atoms with van der Waals surface area (Å²) in [5.41, 5.74) is 5.62. The van der Waals surface area contributed by atoms with Crippen LogP contribution in [0.15, 0.2) is 72.8 Å². The van der Waals surface area contributed by atoms with Gasteiger partial charge in [-0.2, -0.15) is 0 Å². The van der Waals surface area contributed by atoms with Crippen LogP contribution in [0.3, 0.4) is 0 Å². The fourth-order valence-electron chi connectivity index (χ4n) is 3.69. The van der Waals surface area contributed by atoms with E-state index in [2.05, 4.69) is 67.6 Å². The maximum atomic E-state index is 11.2. The van der Waals surface area contributed by atoms with Gasteiger partial charge in [0.1, 0.15) is 11.9 Å². The molecule has 0 saturated heterocycles. The van der Waals surface area contributed by atoms with Crippen molar-refractivity contribution >= 4 is 5.97 Å². The molecule has 0 spiro atoms. The molecule has 0 aliphatic heterocycles. The highest BCUT2D eigenvalue weighted by Gasteiger charge is 2.11. The highest BCUT2D eigenvalue weighted by atomic mass is 16.5. The molecular weight excluding hydrogens is 384 g/mol. The first kappa shape index (κ1) is 22.6. The largest absolute Gasteiger partial charge is 0.494 e. The number of hydrogen-bond donors (Lipinski definition) is 0. The third-order valence-electron chi connectivity index (χ3n) is 5.39. The van der Waals surface area contributed by atoms with Crippen molar-refractivity contribution in [1.29, 1.82) is 0 Å². The summed E-state index contributed by atoms with van der Waals surface area (Å²) in [4.78, 5) is 11.2. The van der Waals surface area contributed by atoms with Crippen LogP contribution in [0, 0.1) is 0 Å². The predicted molar refractivity (Wildman–Crippen MR) is 127 cm³/mol. The van der Waals surface area contributed by atoms with Crippen LogP contribution >= 0.6 is 0 Å². The maximum absolute atomic E-state index is 11.2. The van der Waals surface area contributed by atoms with E-state index in [-0.39, 0.29) is 12.1 Å². The summed E-state index contributed by atoms with van der Waals surface area (Å²) >= 11 is 0. The molecule has 0 bridgehead atoms. The molecule has 3 aromatic rings. The standard InChI is InChI=1S/C28H32O3/c1-4-5-6-9-20-30-26-18-16-25(17-19-26)28-11-8-7-10-27(28)24-14-12-23(13-15-24)21(2)31-22(3)29/h7-8,10-19,21H,4-6,9,20H2,1-3H3. The van der Waals surface area contributed by atoms with E-state index in [1.165, 1.54) is 37.3 Å². The van der Waals surface area contributed by atoms with E-state index in [9.17, 15) is 4.79 Å². The SMILES string of the molecule is CCCCCCOc1ccc(-c2ccccc2-c2ccc(C(C)OC(C)=O)cc2)cc1. The van der Waals surface area contributed by atoms with Crippen molar-refractivity contribution < 1.29 is 14.3 Å². The number of rotatable bonds is 10. The first-order valence-electron chi connectivity index (χ1n) is 11.2. The summed E-state index contributed by atoms with van der Waals surface area (Å²) in [6.07, 6.45) is 4.58. The van der Waals surface area contributed by atoms with Crippen molar-refractivity contribution in [2.24, 2.45) is 0 Å². The number of esters is 1. The molecule has 0 amide bonds. The lowest BCUT2D eigenvalue weighted by Gasteiger charge is -2.14. The number of benzene rings is 3. The molecule has 0 aliphatic rings. The number of carbonyl (C=O) groups excluding carboxylic acids is 1. The maximum Gasteiger partial charge on any atom is 0.303 e. The molecule has 0 radical (unpaired) electrons. The summed E-state index contributed by atoms with van der Waals surface area (Å²) in [5, 5.41) is 0. The summed E-state index contributed by atoms with van der Waals surface area (Å²) in [6.45, 7) is 6.31. The average molecular weight is 417 g/mol. The summed E-state index contributed by atoms with van der Waals surface area (Å²) in [6, 6.07) is 25.0. The molecule has 0 aromatic heterocycles. The molecule has 1 unspecified atom stereocenters. The number of hydrogen-bond acceptors (Lipinski definition) is 3. The minimum absolute atomic E-state index is 0.253. The molecule has 0 aliphatic carbocycles. The van der Waals surface area contributed by atoms with Gasteiger partial charge in [0, 0.05) is 6.92 Å². The molecule has 162 valence electrons. The van der Waals surface area contributed by atoms with E-state index in [0.717, 1.165) is 35.5 Å². The van der Waals surface area contributed by atoms with Gasteiger partial charge in [-0.3, -0.25) is 4.79 Å². The lowest BCUT2D eigenvalue weighted by molar-refractivity contribution is -0.145. The van der Waals surface area contributed by atoms with Gasteiger partial charge in [-0.05, 0) is 53.3 Å². The average Bonchev–Trinajstić information content (AvgIpc) is 2.79. The first-order valence-corrected chi connectivity index (χ1v) is 11.2. The highest BCUT2D eigenvalue weighted by Crippen LogP contribution is 2.33. The van der Waals surface area contributed by atoms with Crippen LogP contribution in [-0.2, 0) is 9.53 Å². The summed E-state index contributed by atoms with van der Waals surface area (Å²) in [5.74, 6) is 0.650. The van der Waals surface area contributed by atoms with E-state index in [1.54, 1.807) is 0 Å². The van der Waals surface area contributed by atoms with Gasteiger partial charge in [0.25, 0.3) is 0 Å². The highest BCUT2D eigenvalue weighted by molar-refractivity contribution is 5.83. The lowest BCUT2D eigenvalue weighted by Crippen LogP contribution is -2.04. The quantitative estimate of drug-likeness (QED) is 0.252. The molecule has 0 N–H and O–H groups in total. The monoisotopic (exact) mass is 416 g/mol. The topological polar surface area (TPSA) is 35.5 Å². The Bertz CT molecular complexity index is 958. The van der Waals surface area contributed by atoms with Crippen molar-refractivity contribution in [3.05, 3.63) is 78.4 Å². The van der Waals surface area contributed by atoms with Crippen molar-refractivity contribution in [3.63, 3.8) is 0 Å². The number of unbranched alkanes of at least 4 members (excludes halogenated alkanes) is 3. The van der Waals surface area contributed by atoms with Gasteiger partial charge in [0.05, 0.1) is 6.61 Å². The Labute approximate surface area is 186 Å². The zero-order chi connectivity index (χ0) is 22.1. The third kappa shape index (κ3) is 6.45. The van der Waals surface area contributed by atoms with Crippen LogP contribution < -0.4 is 4.74 Å². The van der Waals surface area contributed by atoms with Gasteiger partial charge in [-0.1, -0.05) is 86.8 Å². The van der Waals surface area contributed by atoms with Crippen LogP contribution in [0.5, 0.6) is 5.75 Å². The number of carbonyl (C=O) groups is 1. The lowest BCUT2D eigenvalue weighted by atomic mass is 9.94. The molecule has 31 heavy (non-hydrogen) atoms. The second-order valence-electron chi connectivity index (χ2n) is 7.85. The smallest absolute Gasteiger partial charge is 0.303 e. The van der Waals surface area contributed by atoms with Gasteiger partial charge < -0.3 is 9.47 Å². The van der Waals surface area contributed by atoms with E-state index >= 15 is 0 Å². The van der Waals surface area contributed by atoms with E-state index < -0.39 is 0 Å². The van der Waals surface area contributed by atoms with E-state index in [4.69, 9.17) is 9.47 Å². The molecule has 3 aromatic carbocycles. The zero-order valence-electron chi connectivity index (χ0n) is 18.8. The summed E-state index contributed by atoms with van der Waals surface area (Å²) in [7, 11) is 0. The fraction of sp³-hybridized carbons (Fsp3) is 0.321. The Morgan fingerprint density at radius 2 is 1.39 bits per heavy atom. The Morgan fingerprint density at radius 1 is 0.806 bits per heavy atom. The van der Waals surface area contributed by atoms with E-state index in [1.807, 2.05) is 19.1 Å². The summed E-state index contributed by atoms with van der Waals surface area (Å²) < 4.78 is 11.2. The van der Waals surface area contributed by atoms with E-state index in [0.29, 0.717) is 0 Å². The van der Waals surface area contributed by atoms with Crippen LogP contribution in [-0.4, -0.2) is 12.6 Å². The van der Waals surface area contributed by atoms with Gasteiger partial charge in [-0.15, -0.1) is 0 Å². The Kier molecular flexibility index (Phi) is 8.28. The van der Waals surface area contributed by atoms with Crippen molar-refractivity contribution in [1.82, 2.24) is 0 Å². The predicted octanol–water partition coefficient (Wildman–Crippen LogP) is 7.60. The van der Waals surface area contributed by atoms with Crippen LogP contribution in [0.1, 0.15) is 58.1 Å². The van der Waals surface area contributed by atoms with Crippen LogP contribution in [0.4, 0.5) is 0 Å². The van der Waals surface area contributed by atoms with Crippen LogP contribution in [0.2, 0.25) is 0 Å². The first-order chi connectivity index (χ1) is 15.1. The van der Waals surface area contributed by atoms with Gasteiger partial charge in [0.15, 0.2) is 0 Å². The Balaban J connectivity index is 1.74. The Hall–Kier alpha value is -3.07.